The molecule has 1 atom stereocenters. The van der Waals surface area contributed by atoms with Crippen molar-refractivity contribution in [2.45, 2.75) is 44.8 Å². The highest BCUT2D eigenvalue weighted by molar-refractivity contribution is 5.76. The van der Waals surface area contributed by atoms with Crippen molar-refractivity contribution < 1.29 is 9.53 Å². The molecule has 1 N–H and O–H groups in total. The van der Waals surface area contributed by atoms with Gasteiger partial charge in [0, 0.05) is 50.6 Å². The van der Waals surface area contributed by atoms with Crippen molar-refractivity contribution in [3.63, 3.8) is 0 Å². The Hall–Kier alpha value is -2.41. The molecule has 27 heavy (non-hydrogen) atoms. The van der Waals surface area contributed by atoms with Crippen LogP contribution in [0.1, 0.15) is 43.0 Å². The Morgan fingerprint density at radius 1 is 1.33 bits per heavy atom. The maximum absolute atomic E-state index is 11.9. The lowest BCUT2D eigenvalue weighted by Gasteiger charge is -2.34. The van der Waals surface area contributed by atoms with Crippen molar-refractivity contribution in [2.75, 3.05) is 20.2 Å². The smallest absolute Gasteiger partial charge is 0.220 e. The van der Waals surface area contributed by atoms with E-state index in [1.54, 1.807) is 13.3 Å². The van der Waals surface area contributed by atoms with E-state index in [-0.39, 0.29) is 11.9 Å². The van der Waals surface area contributed by atoms with Crippen LogP contribution in [-0.4, -0.2) is 45.8 Å². The highest BCUT2D eigenvalue weighted by Crippen LogP contribution is 2.32. The monoisotopic (exact) mass is 369 g/mol. The molecule has 0 saturated heterocycles. The molecule has 7 nitrogen and oxygen atoms in total. The fraction of sp³-hybridized carbons (Fsp3) is 0.550. The van der Waals surface area contributed by atoms with Crippen molar-refractivity contribution in [2.24, 2.45) is 5.92 Å². The molecule has 0 aromatic carbocycles. The van der Waals surface area contributed by atoms with Gasteiger partial charge in [-0.25, -0.2) is 4.98 Å². The van der Waals surface area contributed by atoms with Crippen molar-refractivity contribution in [3.05, 3.63) is 41.9 Å². The van der Waals surface area contributed by atoms with Crippen LogP contribution in [0.5, 0.6) is 5.88 Å². The molecule has 1 saturated carbocycles. The van der Waals surface area contributed by atoms with E-state index in [0.717, 1.165) is 31.6 Å². The van der Waals surface area contributed by atoms with E-state index < -0.39 is 0 Å². The maximum Gasteiger partial charge on any atom is 0.220 e. The number of nitrogens with one attached hydrogen (secondary N) is 1. The molecule has 0 radical (unpaired) electrons. The number of amides is 1. The average molecular weight is 369 g/mol. The molecular formula is C20H27N5O2. The Morgan fingerprint density at radius 3 is 3.04 bits per heavy atom. The second-order valence-electron chi connectivity index (χ2n) is 7.55. The van der Waals surface area contributed by atoms with Gasteiger partial charge in [0.05, 0.1) is 18.8 Å². The molecule has 0 spiro atoms. The second kappa shape index (κ2) is 8.08. The fourth-order valence-corrected chi connectivity index (χ4v) is 3.80. The number of nitrogens with zero attached hydrogens (tertiary/aromatic N) is 4. The summed E-state index contributed by atoms with van der Waals surface area (Å²) < 4.78 is 7.51. The third-order valence-corrected chi connectivity index (χ3v) is 5.36. The standard InChI is InChI=1S/C20H27N5O2/c1-27-20-16(3-2-8-22-20)12-24-13-17(25-18(14-24)7-10-23-25)6-9-21-19(26)11-15-4-5-15/h2-3,7-8,10,15,17H,4-6,9,11-14H2,1H3,(H,21,26). The van der Waals surface area contributed by atoms with E-state index >= 15 is 0 Å². The zero-order valence-electron chi connectivity index (χ0n) is 15.8. The van der Waals surface area contributed by atoms with E-state index in [1.807, 2.05) is 12.3 Å². The molecule has 2 aromatic rings. The summed E-state index contributed by atoms with van der Waals surface area (Å²) in [6.45, 7) is 3.22. The largest absolute Gasteiger partial charge is 0.481 e. The number of ether oxygens (including phenoxy) is 1. The molecule has 1 aliphatic heterocycles. The van der Waals surface area contributed by atoms with Gasteiger partial charge in [-0.2, -0.15) is 5.10 Å². The molecule has 1 fully saturated rings. The Kier molecular flexibility index (Phi) is 5.38. The van der Waals surface area contributed by atoms with Gasteiger partial charge in [-0.3, -0.25) is 14.4 Å². The summed E-state index contributed by atoms with van der Waals surface area (Å²) in [5, 5.41) is 7.59. The summed E-state index contributed by atoms with van der Waals surface area (Å²) in [4.78, 5) is 18.6. The lowest BCUT2D eigenvalue weighted by Crippen LogP contribution is -2.39. The topological polar surface area (TPSA) is 72.3 Å². The number of methoxy groups -OCH3 is 1. The van der Waals surface area contributed by atoms with Crippen LogP contribution in [0.3, 0.4) is 0 Å². The molecule has 2 aromatic heterocycles. The van der Waals surface area contributed by atoms with Crippen LogP contribution in [0.4, 0.5) is 0 Å². The predicted octanol–water partition coefficient (Wildman–Crippen LogP) is 2.15. The third kappa shape index (κ3) is 4.47. The van der Waals surface area contributed by atoms with Gasteiger partial charge in [0.25, 0.3) is 0 Å². The maximum atomic E-state index is 11.9. The number of pyridine rings is 1. The summed E-state index contributed by atoms with van der Waals surface area (Å²) in [6, 6.07) is 6.34. The number of carbonyl (C=O) groups excluding carboxylic acids is 1. The van der Waals surface area contributed by atoms with E-state index in [1.165, 1.54) is 18.5 Å². The van der Waals surface area contributed by atoms with Crippen LogP contribution in [-0.2, 0) is 17.9 Å². The zero-order chi connectivity index (χ0) is 18.6. The van der Waals surface area contributed by atoms with Gasteiger partial charge in [-0.1, -0.05) is 6.07 Å². The number of hydrogen-bond donors (Lipinski definition) is 1. The van der Waals surface area contributed by atoms with Gasteiger partial charge in [0.15, 0.2) is 0 Å². The first-order valence-electron chi connectivity index (χ1n) is 9.72. The molecule has 1 aliphatic carbocycles. The van der Waals surface area contributed by atoms with E-state index in [9.17, 15) is 4.79 Å². The minimum atomic E-state index is 0.186. The molecule has 3 heterocycles. The molecule has 2 aliphatic rings. The molecule has 1 unspecified atom stereocenters. The molecule has 0 bridgehead atoms. The van der Waals surface area contributed by atoms with Gasteiger partial charge in [0.2, 0.25) is 11.8 Å². The third-order valence-electron chi connectivity index (χ3n) is 5.36. The molecule has 144 valence electrons. The highest BCUT2D eigenvalue weighted by Gasteiger charge is 2.27. The van der Waals surface area contributed by atoms with Crippen LogP contribution in [0.2, 0.25) is 0 Å². The molecule has 7 heteroatoms. The van der Waals surface area contributed by atoms with Gasteiger partial charge in [-0.05, 0) is 37.3 Å². The minimum absolute atomic E-state index is 0.186. The first-order chi connectivity index (χ1) is 13.2. The fourth-order valence-electron chi connectivity index (χ4n) is 3.80. The van der Waals surface area contributed by atoms with Crippen molar-refractivity contribution >= 4 is 5.91 Å². The summed E-state index contributed by atoms with van der Waals surface area (Å²) in [5.41, 5.74) is 2.29. The van der Waals surface area contributed by atoms with E-state index in [2.05, 4.69) is 37.1 Å². The average Bonchev–Trinajstić information content (AvgIpc) is 3.35. The minimum Gasteiger partial charge on any atom is -0.481 e. The summed E-state index contributed by atoms with van der Waals surface area (Å²) in [6.07, 6.45) is 7.60. The first-order valence-corrected chi connectivity index (χ1v) is 9.72. The summed E-state index contributed by atoms with van der Waals surface area (Å²) in [7, 11) is 1.66. The van der Waals surface area contributed by atoms with Crippen LogP contribution in [0.25, 0.3) is 0 Å². The Bertz CT molecular complexity index is 786. The molecular weight excluding hydrogens is 342 g/mol. The first kappa shape index (κ1) is 18.0. The second-order valence-corrected chi connectivity index (χ2v) is 7.55. The number of carbonyl (C=O) groups is 1. The lowest BCUT2D eigenvalue weighted by molar-refractivity contribution is -0.121. The van der Waals surface area contributed by atoms with Crippen LogP contribution in [0, 0.1) is 5.92 Å². The number of rotatable bonds is 8. The van der Waals surface area contributed by atoms with E-state index in [0.29, 0.717) is 24.8 Å². The van der Waals surface area contributed by atoms with Gasteiger partial charge in [0.1, 0.15) is 0 Å². The SMILES string of the molecule is COc1ncccc1CN1Cc2ccnn2C(CCNC(=O)CC2CC2)C1. The summed E-state index contributed by atoms with van der Waals surface area (Å²) in [5.74, 6) is 1.49. The Morgan fingerprint density at radius 2 is 2.22 bits per heavy atom. The van der Waals surface area contributed by atoms with Crippen LogP contribution >= 0.6 is 0 Å². The normalized spacial score (nSPS) is 19.5. The predicted molar refractivity (Wildman–Crippen MR) is 101 cm³/mol. The molecule has 4 rings (SSSR count). The number of hydrogen-bond acceptors (Lipinski definition) is 5. The van der Waals surface area contributed by atoms with Gasteiger partial charge >= 0.3 is 0 Å². The van der Waals surface area contributed by atoms with Gasteiger partial charge in [-0.15, -0.1) is 0 Å². The Balaban J connectivity index is 1.37. The quantitative estimate of drug-likeness (QED) is 0.772. The van der Waals surface area contributed by atoms with E-state index in [4.69, 9.17) is 4.74 Å². The van der Waals surface area contributed by atoms with Gasteiger partial charge < -0.3 is 10.1 Å². The zero-order valence-corrected chi connectivity index (χ0v) is 15.8. The van der Waals surface area contributed by atoms with Crippen molar-refractivity contribution in [1.82, 2.24) is 25.0 Å². The van der Waals surface area contributed by atoms with Crippen molar-refractivity contribution in [1.29, 1.82) is 0 Å². The number of fused-ring (bicyclic) bond motifs is 1. The highest BCUT2D eigenvalue weighted by atomic mass is 16.5. The number of aromatic nitrogens is 3. The van der Waals surface area contributed by atoms with Crippen LogP contribution < -0.4 is 10.1 Å². The lowest BCUT2D eigenvalue weighted by atomic mass is 10.1. The molecule has 1 amide bonds. The van der Waals surface area contributed by atoms with Crippen LogP contribution in [0.15, 0.2) is 30.6 Å². The van der Waals surface area contributed by atoms with Crippen molar-refractivity contribution in [3.8, 4) is 5.88 Å². The summed E-state index contributed by atoms with van der Waals surface area (Å²) >= 11 is 0. The Labute approximate surface area is 159 Å².